The number of hydroxylamine groups is 2. The Morgan fingerprint density at radius 2 is 0.827 bits per heavy atom. The van der Waals surface area contributed by atoms with Crippen LogP contribution in [0.25, 0.3) is 65.2 Å². The summed E-state index contributed by atoms with van der Waals surface area (Å²) in [5, 5.41) is 51.6. The molecule has 0 fully saturated rings. The van der Waals surface area contributed by atoms with Crippen molar-refractivity contribution in [3.05, 3.63) is 188 Å². The molecule has 0 saturated heterocycles. The maximum Gasteiger partial charge on any atom is 0.329 e. The summed E-state index contributed by atoms with van der Waals surface area (Å²) in [5.74, 6) is -3.82. The third-order valence-electron chi connectivity index (χ3n) is 16.4. The third-order valence-corrected chi connectivity index (χ3v) is 16.4. The molecule has 0 aliphatic carbocycles. The van der Waals surface area contributed by atoms with Gasteiger partial charge in [-0.15, -0.1) is 0 Å². The van der Waals surface area contributed by atoms with E-state index in [4.69, 9.17) is 49.4 Å². The van der Waals surface area contributed by atoms with Crippen molar-refractivity contribution >= 4 is 124 Å². The van der Waals surface area contributed by atoms with Gasteiger partial charge in [0.2, 0.25) is 5.91 Å². The smallest absolute Gasteiger partial charge is 0.329 e. The van der Waals surface area contributed by atoms with Crippen molar-refractivity contribution in [2.75, 3.05) is 26.4 Å². The SMILES string of the molecule is CC(=O)NC(C)CC(=N)c1ccc2c(c1)c1cc(C(=O)c3c(C)cc(C)cc3C)c3ccccc3c1n2CCOCCOCCn1c2ccc(C(=N)CC(C)N(OC(C)=O)C(C)=O)cc2c2cc(C(=O)c3c(C)cc(C)cc3C)c3ccccc3c21.CC(=O)O.CC(=O)O.CC(=O)O. The number of carboxylic acids is 3. The first kappa shape index (κ1) is 74.7. The van der Waals surface area contributed by atoms with Gasteiger partial charge in [0.15, 0.2) is 11.6 Å². The summed E-state index contributed by atoms with van der Waals surface area (Å²) in [4.78, 5) is 98.2. The summed E-state index contributed by atoms with van der Waals surface area (Å²) in [7, 11) is 0. The normalized spacial score (nSPS) is 11.6. The molecule has 98 heavy (non-hydrogen) atoms. The Bertz CT molecular complexity index is 4720. The lowest BCUT2D eigenvalue weighted by atomic mass is 9.89. The first-order valence-electron chi connectivity index (χ1n) is 32.2. The Labute approximate surface area is 569 Å². The quantitative estimate of drug-likeness (QED) is 0.0169. The lowest BCUT2D eigenvalue weighted by Gasteiger charge is -2.25. The summed E-state index contributed by atoms with van der Waals surface area (Å²) in [5.41, 5.74) is 14.1. The van der Waals surface area contributed by atoms with Gasteiger partial charge in [0.1, 0.15) is 0 Å². The number of aliphatic carboxylic acids is 3. The molecule has 0 spiro atoms. The largest absolute Gasteiger partial charge is 0.481 e. The van der Waals surface area contributed by atoms with Gasteiger partial charge in [0.05, 0.1) is 43.5 Å². The molecule has 0 aliphatic heterocycles. The molecule has 10 rings (SSSR count). The zero-order valence-electron chi connectivity index (χ0n) is 58.0. The van der Waals surface area contributed by atoms with E-state index in [9.17, 15) is 29.4 Å². The van der Waals surface area contributed by atoms with Gasteiger partial charge in [-0.2, -0.15) is 5.06 Å². The van der Waals surface area contributed by atoms with Gasteiger partial charge in [0, 0.05) is 151 Å². The topological polar surface area (TPSA) is 298 Å². The monoisotopic (exact) mass is 1330 g/mol. The van der Waals surface area contributed by atoms with Crippen LogP contribution in [-0.2, 0) is 56.2 Å². The molecule has 0 radical (unpaired) electrons. The van der Waals surface area contributed by atoms with Crippen LogP contribution in [0.2, 0.25) is 0 Å². The molecule has 0 aliphatic rings. The zero-order valence-corrected chi connectivity index (χ0v) is 58.0. The fourth-order valence-electron chi connectivity index (χ4n) is 13.0. The first-order chi connectivity index (χ1) is 46.3. The molecule has 0 bridgehead atoms. The predicted molar refractivity (Wildman–Crippen MR) is 384 cm³/mol. The summed E-state index contributed by atoms with van der Waals surface area (Å²) >= 11 is 0. The number of ketones is 2. The van der Waals surface area contributed by atoms with Gasteiger partial charge < -0.3 is 54.9 Å². The number of ether oxygens (including phenoxy) is 2. The summed E-state index contributed by atoms with van der Waals surface area (Å²) < 4.78 is 17.2. The highest BCUT2D eigenvalue weighted by atomic mass is 16.7. The van der Waals surface area contributed by atoms with Crippen molar-refractivity contribution in [1.82, 2.24) is 19.5 Å². The number of carbonyl (C=O) groups is 8. The lowest BCUT2D eigenvalue weighted by Crippen LogP contribution is -2.39. The van der Waals surface area contributed by atoms with Gasteiger partial charge in [-0.3, -0.25) is 38.4 Å². The van der Waals surface area contributed by atoms with Crippen LogP contribution < -0.4 is 5.32 Å². The van der Waals surface area contributed by atoms with Crippen molar-refractivity contribution in [3.63, 3.8) is 0 Å². The molecule has 20 heteroatoms. The van der Waals surface area contributed by atoms with Crippen LogP contribution in [0.5, 0.6) is 0 Å². The van der Waals surface area contributed by atoms with E-state index in [1.807, 2.05) is 146 Å². The maximum atomic E-state index is 14.9. The molecule has 10 aromatic rings. The molecule has 2 amide bonds. The van der Waals surface area contributed by atoms with E-state index in [1.54, 1.807) is 6.92 Å². The summed E-state index contributed by atoms with van der Waals surface area (Å²) in [6, 6.07) is 39.3. The number of carbonyl (C=O) groups excluding carboxylic acids is 5. The number of hydrogen-bond acceptors (Lipinski definition) is 13. The number of fused-ring (bicyclic) bond motifs is 10. The van der Waals surface area contributed by atoms with Crippen LogP contribution >= 0.6 is 0 Å². The van der Waals surface area contributed by atoms with Gasteiger partial charge in [-0.1, -0.05) is 96.1 Å². The minimum Gasteiger partial charge on any atom is -0.481 e. The molecule has 2 unspecified atom stereocenters. The predicted octanol–water partition coefficient (Wildman–Crippen LogP) is 14.3. The number of benzene rings is 8. The van der Waals surface area contributed by atoms with Crippen molar-refractivity contribution in [1.29, 1.82) is 10.8 Å². The summed E-state index contributed by atoms with van der Waals surface area (Å²) in [6.45, 7) is 25.2. The zero-order chi connectivity index (χ0) is 72.1. The van der Waals surface area contributed by atoms with E-state index in [0.717, 1.165) is 130 Å². The van der Waals surface area contributed by atoms with E-state index in [0.29, 0.717) is 79.5 Å². The Kier molecular flexibility index (Phi) is 25.0. The molecule has 8 aromatic carbocycles. The van der Waals surface area contributed by atoms with Gasteiger partial charge in [-0.25, -0.2) is 0 Å². The fraction of sp³-hybridized carbons (Fsp3) is 0.308. The molecular formula is C78H86N6O14. The highest BCUT2D eigenvalue weighted by molar-refractivity contribution is 6.28. The second kappa shape index (κ2) is 32.8. The van der Waals surface area contributed by atoms with Crippen LogP contribution in [0.1, 0.15) is 145 Å². The Morgan fingerprint density at radius 3 is 1.17 bits per heavy atom. The minimum atomic E-state index is -0.833. The van der Waals surface area contributed by atoms with Crippen molar-refractivity contribution in [3.8, 4) is 0 Å². The maximum absolute atomic E-state index is 14.9. The highest BCUT2D eigenvalue weighted by Gasteiger charge is 2.27. The third kappa shape index (κ3) is 17.8. The van der Waals surface area contributed by atoms with Crippen LogP contribution in [0.3, 0.4) is 0 Å². The number of nitrogens with zero attached hydrogens (tertiary/aromatic N) is 3. The van der Waals surface area contributed by atoms with E-state index < -0.39 is 35.8 Å². The second-order valence-corrected chi connectivity index (χ2v) is 24.7. The van der Waals surface area contributed by atoms with E-state index in [2.05, 4.69) is 38.7 Å². The van der Waals surface area contributed by atoms with E-state index in [1.165, 1.54) is 20.8 Å². The van der Waals surface area contributed by atoms with Gasteiger partial charge in [0.25, 0.3) is 23.8 Å². The molecule has 0 saturated carbocycles. The lowest BCUT2D eigenvalue weighted by molar-refractivity contribution is -0.202. The highest BCUT2D eigenvalue weighted by Crippen LogP contribution is 2.41. The Morgan fingerprint density at radius 1 is 0.469 bits per heavy atom. The molecule has 2 heterocycles. The van der Waals surface area contributed by atoms with Crippen molar-refractivity contribution in [2.45, 2.75) is 135 Å². The molecule has 2 aromatic heterocycles. The van der Waals surface area contributed by atoms with Gasteiger partial charge >= 0.3 is 5.97 Å². The fourth-order valence-corrected chi connectivity index (χ4v) is 13.0. The number of nitrogens with one attached hydrogen (secondary N) is 3. The number of aromatic nitrogens is 2. The number of hydrogen-bond donors (Lipinski definition) is 6. The molecule has 2 atom stereocenters. The molecular weight excluding hydrogens is 1240 g/mol. The van der Waals surface area contributed by atoms with Crippen molar-refractivity contribution < 1.29 is 68.0 Å². The molecule has 6 N–H and O–H groups in total. The number of amides is 2. The van der Waals surface area contributed by atoms with Crippen LogP contribution in [0.4, 0.5) is 0 Å². The standard InChI is InChI=1S/C72H74N6O8.3C2H4O2/c1-40-30-42(3)67(43(4)31-40)71(82)61-38-59-57-36-51(63(73)34-46(7)75-48(9)79)20-22-65(57)76(69(59)55-18-14-12-16-53(55)61)24-26-84-28-29-85-27-25-77-66-23-21-52(64(74)35-47(8)78(49(10)80)86-50(11)81)37-58(66)60-39-62(54-17-13-15-19-56(54)70(60)77)72(83)68-44(5)32-41(2)33-45(68)6;3*1-2(3)4/h12-23,30-33,36-39,46-47,73-74H,24-29,34-35H2,1-11H3,(H,75,79);3*1H3,(H,3,4). The Hall–Kier alpha value is -10.7. The first-order valence-corrected chi connectivity index (χ1v) is 32.2. The average molecular weight is 1330 g/mol. The summed E-state index contributed by atoms with van der Waals surface area (Å²) in [6.07, 6.45) is 0.471. The van der Waals surface area contributed by atoms with Crippen LogP contribution in [0.15, 0.2) is 121 Å². The minimum absolute atomic E-state index is 0.0400. The van der Waals surface area contributed by atoms with E-state index >= 15 is 0 Å². The van der Waals surface area contributed by atoms with Gasteiger partial charge in [-0.05, 0) is 136 Å². The van der Waals surface area contributed by atoms with E-state index in [-0.39, 0.29) is 35.6 Å². The second-order valence-electron chi connectivity index (χ2n) is 24.7. The van der Waals surface area contributed by atoms with Crippen LogP contribution in [-0.4, -0.2) is 127 Å². The number of carboxylic acid groups (broad SMARTS) is 3. The molecule has 512 valence electrons. The average Bonchev–Trinajstić information content (AvgIpc) is 1.55. The number of rotatable bonds is 21. The van der Waals surface area contributed by atoms with Crippen molar-refractivity contribution in [2.24, 2.45) is 0 Å². The van der Waals surface area contributed by atoms with Crippen LogP contribution in [0, 0.1) is 52.4 Å². The number of aryl methyl sites for hydroxylation is 6. The Balaban J connectivity index is 0.00000104. The molecule has 20 nitrogen and oxygen atoms in total.